The number of hydrogen-bond acceptors (Lipinski definition) is 2. The maximum absolute atomic E-state index is 5.42. The predicted molar refractivity (Wildman–Crippen MR) is 57.7 cm³/mol. The van der Waals surface area contributed by atoms with Crippen molar-refractivity contribution in [2.45, 2.75) is 52.0 Å². The van der Waals surface area contributed by atoms with Gasteiger partial charge in [-0.3, -0.25) is 0 Å². The summed E-state index contributed by atoms with van der Waals surface area (Å²) in [7, 11) is 0. The summed E-state index contributed by atoms with van der Waals surface area (Å²) in [5.74, 6) is 0. The summed E-state index contributed by atoms with van der Waals surface area (Å²) in [6.07, 6.45) is 6.49. The molecule has 0 radical (unpaired) electrons. The molecule has 13 heavy (non-hydrogen) atoms. The Kier molecular flexibility index (Phi) is 4.20. The summed E-state index contributed by atoms with van der Waals surface area (Å²) >= 11 is 0. The Hall–Kier alpha value is -0.0800. The molecule has 0 saturated heterocycles. The Morgan fingerprint density at radius 1 is 1.23 bits per heavy atom. The van der Waals surface area contributed by atoms with E-state index in [0.29, 0.717) is 5.41 Å². The highest BCUT2D eigenvalue weighted by Gasteiger charge is 2.44. The fourth-order valence-corrected chi connectivity index (χ4v) is 1.71. The van der Waals surface area contributed by atoms with Crippen LogP contribution < -0.4 is 11.1 Å². The maximum atomic E-state index is 5.42. The first-order valence-electron chi connectivity index (χ1n) is 5.60. The summed E-state index contributed by atoms with van der Waals surface area (Å²) in [6.45, 7) is 6.71. The molecule has 1 unspecified atom stereocenters. The average molecular weight is 184 g/mol. The molecule has 1 aliphatic rings. The van der Waals surface area contributed by atoms with Crippen LogP contribution in [0.4, 0.5) is 0 Å². The molecule has 1 fully saturated rings. The molecule has 1 atom stereocenters. The van der Waals surface area contributed by atoms with Crippen molar-refractivity contribution in [1.82, 2.24) is 5.32 Å². The van der Waals surface area contributed by atoms with Gasteiger partial charge in [-0.25, -0.2) is 0 Å². The Bertz CT molecular complexity index is 143. The zero-order chi connectivity index (χ0) is 9.73. The van der Waals surface area contributed by atoms with Crippen molar-refractivity contribution in [2.24, 2.45) is 11.1 Å². The minimum absolute atomic E-state index is 0.581. The van der Waals surface area contributed by atoms with Gasteiger partial charge in [-0.2, -0.15) is 0 Å². The second-order valence-corrected chi connectivity index (χ2v) is 4.90. The molecular formula is C11H24N2. The molecule has 2 heteroatoms. The van der Waals surface area contributed by atoms with Gasteiger partial charge in [-0.15, -0.1) is 0 Å². The van der Waals surface area contributed by atoms with E-state index in [0.717, 1.165) is 12.6 Å². The van der Waals surface area contributed by atoms with Crippen molar-refractivity contribution < 1.29 is 0 Å². The summed E-state index contributed by atoms with van der Waals surface area (Å²) in [5.41, 5.74) is 6.00. The largest absolute Gasteiger partial charge is 0.330 e. The second-order valence-electron chi connectivity index (χ2n) is 4.90. The number of unbranched alkanes of at least 4 members (excludes halogenated alkanes) is 3. The summed E-state index contributed by atoms with van der Waals surface area (Å²) in [4.78, 5) is 0. The second kappa shape index (κ2) is 4.97. The van der Waals surface area contributed by atoms with Gasteiger partial charge in [-0.1, -0.05) is 26.7 Å². The molecule has 0 aliphatic heterocycles. The number of nitrogens with two attached hydrogens (primary N) is 1. The average Bonchev–Trinajstić information content (AvgIpc) is 2.67. The Morgan fingerprint density at radius 2 is 1.85 bits per heavy atom. The van der Waals surface area contributed by atoms with E-state index >= 15 is 0 Å². The first kappa shape index (κ1) is 11.0. The molecule has 0 aromatic carbocycles. The zero-order valence-electron chi connectivity index (χ0n) is 9.10. The lowest BCUT2D eigenvalue weighted by Crippen LogP contribution is -2.21. The van der Waals surface area contributed by atoms with E-state index in [1.165, 1.54) is 38.6 Å². The molecule has 0 amide bonds. The van der Waals surface area contributed by atoms with Gasteiger partial charge in [0.2, 0.25) is 0 Å². The Balaban J connectivity index is 1.80. The van der Waals surface area contributed by atoms with Gasteiger partial charge in [0.15, 0.2) is 0 Å². The summed E-state index contributed by atoms with van der Waals surface area (Å²) in [6, 6.07) is 0.794. The van der Waals surface area contributed by atoms with E-state index in [1.807, 2.05) is 0 Å². The number of rotatable bonds is 7. The molecule has 3 N–H and O–H groups in total. The number of nitrogens with one attached hydrogen (secondary N) is 1. The summed E-state index contributed by atoms with van der Waals surface area (Å²) < 4.78 is 0. The van der Waals surface area contributed by atoms with Crippen LogP contribution in [0.3, 0.4) is 0 Å². The highest BCUT2D eigenvalue weighted by molar-refractivity contribution is 5.01. The molecule has 1 rings (SSSR count). The minimum atomic E-state index is 0.581. The summed E-state index contributed by atoms with van der Waals surface area (Å²) in [5, 5.41) is 3.59. The maximum Gasteiger partial charge on any atom is 0.0124 e. The van der Waals surface area contributed by atoms with Gasteiger partial charge >= 0.3 is 0 Å². The first-order chi connectivity index (χ1) is 6.17. The van der Waals surface area contributed by atoms with Gasteiger partial charge in [0.25, 0.3) is 0 Å². The van der Waals surface area contributed by atoms with Crippen LogP contribution in [0.2, 0.25) is 0 Å². The number of hydrogen-bond donors (Lipinski definition) is 2. The minimum Gasteiger partial charge on any atom is -0.330 e. The lowest BCUT2D eigenvalue weighted by molar-refractivity contribution is 0.521. The SMILES string of the molecule is CC1(C)CC1NCCCCCCN. The van der Waals surface area contributed by atoms with Crippen LogP contribution in [-0.4, -0.2) is 19.1 Å². The molecule has 78 valence electrons. The molecule has 0 bridgehead atoms. The third-order valence-corrected chi connectivity index (χ3v) is 3.04. The fourth-order valence-electron chi connectivity index (χ4n) is 1.71. The van der Waals surface area contributed by atoms with E-state index in [2.05, 4.69) is 19.2 Å². The van der Waals surface area contributed by atoms with Gasteiger partial charge in [0.1, 0.15) is 0 Å². The normalized spacial score (nSPS) is 24.7. The smallest absolute Gasteiger partial charge is 0.0124 e. The van der Waals surface area contributed by atoms with Gasteiger partial charge in [0.05, 0.1) is 0 Å². The van der Waals surface area contributed by atoms with Crippen LogP contribution in [0.25, 0.3) is 0 Å². The van der Waals surface area contributed by atoms with Crippen LogP contribution in [-0.2, 0) is 0 Å². The molecular weight excluding hydrogens is 160 g/mol. The van der Waals surface area contributed by atoms with Crippen molar-refractivity contribution in [2.75, 3.05) is 13.1 Å². The van der Waals surface area contributed by atoms with Crippen LogP contribution in [0.15, 0.2) is 0 Å². The molecule has 1 saturated carbocycles. The van der Waals surface area contributed by atoms with Crippen molar-refractivity contribution in [3.8, 4) is 0 Å². The van der Waals surface area contributed by atoms with E-state index < -0.39 is 0 Å². The van der Waals surface area contributed by atoms with E-state index in [-0.39, 0.29) is 0 Å². The van der Waals surface area contributed by atoms with Crippen molar-refractivity contribution in [3.05, 3.63) is 0 Å². The predicted octanol–water partition coefficient (Wildman–Crippen LogP) is 1.89. The third kappa shape index (κ3) is 4.10. The first-order valence-corrected chi connectivity index (χ1v) is 5.60. The standard InChI is InChI=1S/C11H24N2/c1-11(2)9-10(11)13-8-6-4-3-5-7-12/h10,13H,3-9,12H2,1-2H3. The molecule has 2 nitrogen and oxygen atoms in total. The lowest BCUT2D eigenvalue weighted by atomic mass is 10.1. The molecule has 0 aromatic rings. The quantitative estimate of drug-likeness (QED) is 0.593. The van der Waals surface area contributed by atoms with Crippen LogP contribution in [0, 0.1) is 5.41 Å². The Labute approximate surface area is 82.3 Å². The molecule has 1 aliphatic carbocycles. The van der Waals surface area contributed by atoms with Crippen molar-refractivity contribution >= 4 is 0 Å². The van der Waals surface area contributed by atoms with Crippen molar-refractivity contribution in [1.29, 1.82) is 0 Å². The van der Waals surface area contributed by atoms with Crippen LogP contribution in [0.1, 0.15) is 46.0 Å². The van der Waals surface area contributed by atoms with Gasteiger partial charge < -0.3 is 11.1 Å². The fraction of sp³-hybridized carbons (Fsp3) is 1.00. The topological polar surface area (TPSA) is 38.0 Å². The van der Waals surface area contributed by atoms with Crippen molar-refractivity contribution in [3.63, 3.8) is 0 Å². The van der Waals surface area contributed by atoms with E-state index in [1.54, 1.807) is 0 Å². The Morgan fingerprint density at radius 3 is 2.38 bits per heavy atom. The highest BCUT2D eigenvalue weighted by atomic mass is 15.0. The third-order valence-electron chi connectivity index (χ3n) is 3.04. The molecule has 0 aromatic heterocycles. The van der Waals surface area contributed by atoms with Crippen LogP contribution in [0.5, 0.6) is 0 Å². The molecule has 0 heterocycles. The van der Waals surface area contributed by atoms with Gasteiger partial charge in [0, 0.05) is 6.04 Å². The molecule has 0 spiro atoms. The lowest BCUT2D eigenvalue weighted by Gasteiger charge is -2.05. The van der Waals surface area contributed by atoms with E-state index in [4.69, 9.17) is 5.73 Å². The van der Waals surface area contributed by atoms with Crippen LogP contribution >= 0.6 is 0 Å². The zero-order valence-corrected chi connectivity index (χ0v) is 9.10. The monoisotopic (exact) mass is 184 g/mol. The van der Waals surface area contributed by atoms with E-state index in [9.17, 15) is 0 Å². The van der Waals surface area contributed by atoms with Gasteiger partial charge in [-0.05, 0) is 37.8 Å². The highest BCUT2D eigenvalue weighted by Crippen LogP contribution is 2.44.